The van der Waals surface area contributed by atoms with E-state index in [1.54, 1.807) is 0 Å². The van der Waals surface area contributed by atoms with Crippen LogP contribution < -0.4 is 5.32 Å². The molecule has 5 heteroatoms. The first kappa shape index (κ1) is 12.5. The van der Waals surface area contributed by atoms with Gasteiger partial charge in [0.25, 0.3) is 5.91 Å². The van der Waals surface area contributed by atoms with Crippen molar-refractivity contribution in [3.05, 3.63) is 17.0 Å². The Morgan fingerprint density at radius 2 is 2.35 bits per heavy atom. The summed E-state index contributed by atoms with van der Waals surface area (Å²) in [7, 11) is 0. The van der Waals surface area contributed by atoms with Crippen molar-refractivity contribution in [2.45, 2.75) is 38.4 Å². The number of hydrogen-bond acceptors (Lipinski definition) is 3. The van der Waals surface area contributed by atoms with Crippen molar-refractivity contribution in [1.82, 2.24) is 15.5 Å². The van der Waals surface area contributed by atoms with Gasteiger partial charge in [0.15, 0.2) is 0 Å². The van der Waals surface area contributed by atoms with Crippen molar-refractivity contribution in [3.63, 3.8) is 0 Å². The molecule has 4 nitrogen and oxygen atoms in total. The number of thioether (sulfide) groups is 1. The Balaban J connectivity index is 1.89. The van der Waals surface area contributed by atoms with Gasteiger partial charge in [0.1, 0.15) is 0 Å². The van der Waals surface area contributed by atoms with Crippen LogP contribution in [0.25, 0.3) is 0 Å². The van der Waals surface area contributed by atoms with Crippen molar-refractivity contribution in [1.29, 1.82) is 0 Å². The molecule has 0 spiro atoms. The van der Waals surface area contributed by atoms with E-state index in [-0.39, 0.29) is 5.91 Å². The molecule has 0 bridgehead atoms. The summed E-state index contributed by atoms with van der Waals surface area (Å²) >= 11 is 1.97. The molecule has 0 saturated carbocycles. The number of aryl methyl sites for hydroxylation is 2. The number of H-pyrrole nitrogens is 1. The summed E-state index contributed by atoms with van der Waals surface area (Å²) in [5.41, 5.74) is 2.32. The van der Waals surface area contributed by atoms with Crippen molar-refractivity contribution >= 4 is 17.7 Å². The maximum atomic E-state index is 12.0. The quantitative estimate of drug-likeness (QED) is 0.866. The average molecular weight is 253 g/mol. The number of amides is 1. The maximum absolute atomic E-state index is 12.0. The lowest BCUT2D eigenvalue weighted by molar-refractivity contribution is 0.0952. The van der Waals surface area contributed by atoms with Crippen LogP contribution in [-0.4, -0.2) is 33.7 Å². The Bertz CT molecular complexity index is 377. The van der Waals surface area contributed by atoms with Gasteiger partial charge in [0.05, 0.1) is 11.3 Å². The fourth-order valence-corrected chi connectivity index (χ4v) is 3.39. The monoisotopic (exact) mass is 253 g/mol. The molecule has 0 aromatic carbocycles. The minimum Gasteiger partial charge on any atom is -0.351 e. The first-order valence-corrected chi connectivity index (χ1v) is 7.14. The second kappa shape index (κ2) is 5.58. The molecule has 1 aliphatic heterocycles. The topological polar surface area (TPSA) is 57.8 Å². The van der Waals surface area contributed by atoms with Gasteiger partial charge in [-0.3, -0.25) is 9.89 Å². The van der Waals surface area contributed by atoms with Gasteiger partial charge in [-0.1, -0.05) is 6.42 Å². The lowest BCUT2D eigenvalue weighted by Gasteiger charge is -2.21. The summed E-state index contributed by atoms with van der Waals surface area (Å²) in [6.07, 6.45) is 3.82. The molecule has 1 aromatic heterocycles. The zero-order chi connectivity index (χ0) is 12.3. The minimum atomic E-state index is -0.0000709. The molecule has 17 heavy (non-hydrogen) atoms. The molecule has 0 aliphatic carbocycles. The summed E-state index contributed by atoms with van der Waals surface area (Å²) in [4.78, 5) is 12.0. The molecule has 2 rings (SSSR count). The molecule has 1 amide bonds. The number of rotatable bonds is 3. The highest BCUT2D eigenvalue weighted by molar-refractivity contribution is 7.99. The zero-order valence-corrected chi connectivity index (χ0v) is 11.2. The first-order valence-electron chi connectivity index (χ1n) is 6.10. The Kier molecular flexibility index (Phi) is 4.10. The number of carbonyl (C=O) groups is 1. The lowest BCUT2D eigenvalue weighted by atomic mass is 10.1. The Morgan fingerprint density at radius 1 is 1.53 bits per heavy atom. The van der Waals surface area contributed by atoms with Crippen LogP contribution in [0.1, 0.15) is 41.0 Å². The third kappa shape index (κ3) is 3.03. The Labute approximate surface area is 106 Å². The number of hydrogen-bond donors (Lipinski definition) is 2. The lowest BCUT2D eigenvalue weighted by Crippen LogP contribution is -2.32. The van der Waals surface area contributed by atoms with Gasteiger partial charge in [0.2, 0.25) is 0 Å². The van der Waals surface area contributed by atoms with Crippen LogP contribution in [0.4, 0.5) is 0 Å². The third-order valence-corrected chi connectivity index (χ3v) is 4.52. The van der Waals surface area contributed by atoms with Crippen LogP contribution in [0.2, 0.25) is 0 Å². The van der Waals surface area contributed by atoms with Gasteiger partial charge in [-0.05, 0) is 32.4 Å². The van der Waals surface area contributed by atoms with E-state index in [0.717, 1.165) is 17.9 Å². The van der Waals surface area contributed by atoms with E-state index in [2.05, 4.69) is 15.5 Å². The molecule has 1 saturated heterocycles. The summed E-state index contributed by atoms with van der Waals surface area (Å²) in [6.45, 7) is 4.51. The molecular formula is C12H19N3OS. The van der Waals surface area contributed by atoms with Crippen molar-refractivity contribution in [2.75, 3.05) is 12.3 Å². The van der Waals surface area contributed by atoms with Crippen molar-refractivity contribution in [2.24, 2.45) is 0 Å². The fourth-order valence-electron chi connectivity index (χ4n) is 2.15. The second-order valence-electron chi connectivity index (χ2n) is 4.51. The standard InChI is InChI=1S/C12H19N3OS/c1-8-11(9(2)15-14-8)12(16)13-7-10-5-3-4-6-17-10/h10H,3-7H2,1-2H3,(H,13,16)(H,14,15). The van der Waals surface area contributed by atoms with E-state index < -0.39 is 0 Å². The number of aromatic amines is 1. The van der Waals surface area contributed by atoms with E-state index in [1.165, 1.54) is 25.0 Å². The van der Waals surface area contributed by atoms with Gasteiger partial charge in [-0.25, -0.2) is 0 Å². The van der Waals surface area contributed by atoms with E-state index in [1.807, 2.05) is 25.6 Å². The maximum Gasteiger partial charge on any atom is 0.255 e. The predicted molar refractivity (Wildman–Crippen MR) is 70.5 cm³/mol. The molecule has 0 radical (unpaired) electrons. The normalized spacial score (nSPS) is 20.2. The molecule has 2 heterocycles. The van der Waals surface area contributed by atoms with Crippen LogP contribution >= 0.6 is 11.8 Å². The van der Waals surface area contributed by atoms with Crippen LogP contribution in [-0.2, 0) is 0 Å². The van der Waals surface area contributed by atoms with Crippen LogP contribution in [0, 0.1) is 13.8 Å². The van der Waals surface area contributed by atoms with Crippen molar-refractivity contribution in [3.8, 4) is 0 Å². The second-order valence-corrected chi connectivity index (χ2v) is 5.92. The largest absolute Gasteiger partial charge is 0.351 e. The molecule has 1 aliphatic rings. The van der Waals surface area contributed by atoms with Crippen molar-refractivity contribution < 1.29 is 4.79 Å². The Morgan fingerprint density at radius 3 is 2.94 bits per heavy atom. The molecule has 1 fully saturated rings. The minimum absolute atomic E-state index is 0.0000709. The number of aromatic nitrogens is 2. The highest BCUT2D eigenvalue weighted by Crippen LogP contribution is 2.24. The van der Waals surface area contributed by atoms with Gasteiger partial charge in [0, 0.05) is 17.5 Å². The Hall–Kier alpha value is -0.970. The van der Waals surface area contributed by atoms with Gasteiger partial charge in [-0.2, -0.15) is 16.9 Å². The van der Waals surface area contributed by atoms with Crippen LogP contribution in [0.5, 0.6) is 0 Å². The van der Waals surface area contributed by atoms with Gasteiger partial charge >= 0.3 is 0 Å². The summed E-state index contributed by atoms with van der Waals surface area (Å²) in [6, 6.07) is 0. The van der Waals surface area contributed by atoms with Gasteiger partial charge < -0.3 is 5.32 Å². The molecule has 2 N–H and O–H groups in total. The SMILES string of the molecule is Cc1n[nH]c(C)c1C(=O)NCC1CCCCS1. The summed E-state index contributed by atoms with van der Waals surface area (Å²) in [5.74, 6) is 1.23. The molecule has 94 valence electrons. The summed E-state index contributed by atoms with van der Waals surface area (Å²) < 4.78 is 0. The van der Waals surface area contributed by atoms with E-state index in [9.17, 15) is 4.79 Å². The van der Waals surface area contributed by atoms with Crippen LogP contribution in [0.15, 0.2) is 0 Å². The molecule has 1 aromatic rings. The highest BCUT2D eigenvalue weighted by atomic mass is 32.2. The number of carbonyl (C=O) groups excluding carboxylic acids is 1. The summed E-state index contributed by atoms with van der Waals surface area (Å²) in [5, 5.41) is 10.5. The zero-order valence-electron chi connectivity index (χ0n) is 10.4. The smallest absolute Gasteiger partial charge is 0.255 e. The first-order chi connectivity index (χ1) is 8.18. The highest BCUT2D eigenvalue weighted by Gasteiger charge is 2.18. The van der Waals surface area contributed by atoms with Gasteiger partial charge in [-0.15, -0.1) is 0 Å². The number of nitrogens with one attached hydrogen (secondary N) is 2. The third-order valence-electron chi connectivity index (χ3n) is 3.12. The van der Waals surface area contributed by atoms with Crippen LogP contribution in [0.3, 0.4) is 0 Å². The number of nitrogens with zero attached hydrogens (tertiary/aromatic N) is 1. The average Bonchev–Trinajstić information content (AvgIpc) is 2.67. The van der Waals surface area contributed by atoms with E-state index >= 15 is 0 Å². The molecule has 1 atom stereocenters. The molecular weight excluding hydrogens is 234 g/mol. The van der Waals surface area contributed by atoms with E-state index in [0.29, 0.717) is 10.8 Å². The fraction of sp³-hybridized carbons (Fsp3) is 0.667. The predicted octanol–water partition coefficient (Wildman–Crippen LogP) is 2.04. The van der Waals surface area contributed by atoms with E-state index in [4.69, 9.17) is 0 Å². The molecule has 1 unspecified atom stereocenters.